The number of urea groups is 1. The molecular weight excluding hydrogens is 228 g/mol. The smallest absolute Gasteiger partial charge is 0.320 e. The first-order valence-corrected chi connectivity index (χ1v) is 6.23. The fourth-order valence-electron chi connectivity index (χ4n) is 2.47. The van der Waals surface area contributed by atoms with E-state index in [4.69, 9.17) is 4.74 Å². The minimum Gasteiger partial charge on any atom is -0.496 e. The molecule has 1 unspecified atom stereocenters. The summed E-state index contributed by atoms with van der Waals surface area (Å²) in [5.74, 6) is 0.918. The van der Waals surface area contributed by atoms with Crippen molar-refractivity contribution in [1.82, 2.24) is 9.80 Å². The zero-order chi connectivity index (χ0) is 13.3. The summed E-state index contributed by atoms with van der Waals surface area (Å²) >= 11 is 0. The SMILES string of the molecule is CCc1cc(C2CN(C)C(=O)N2C)ccc1OC. The first-order chi connectivity index (χ1) is 8.58. The summed E-state index contributed by atoms with van der Waals surface area (Å²) in [6, 6.07) is 6.40. The molecule has 98 valence electrons. The molecule has 0 bridgehead atoms. The average Bonchev–Trinajstić information content (AvgIpc) is 2.65. The van der Waals surface area contributed by atoms with Gasteiger partial charge in [-0.15, -0.1) is 0 Å². The second-order valence-electron chi connectivity index (χ2n) is 4.71. The van der Waals surface area contributed by atoms with Crippen molar-refractivity contribution in [3.8, 4) is 5.75 Å². The van der Waals surface area contributed by atoms with Gasteiger partial charge in [0.25, 0.3) is 0 Å². The van der Waals surface area contributed by atoms with E-state index in [1.165, 1.54) is 11.1 Å². The molecule has 1 fully saturated rings. The molecule has 4 nitrogen and oxygen atoms in total. The summed E-state index contributed by atoms with van der Waals surface area (Å²) in [6.45, 7) is 2.85. The van der Waals surface area contributed by atoms with Gasteiger partial charge in [-0.2, -0.15) is 0 Å². The molecule has 1 heterocycles. The summed E-state index contributed by atoms with van der Waals surface area (Å²) in [6.07, 6.45) is 0.928. The fraction of sp³-hybridized carbons (Fsp3) is 0.500. The molecule has 18 heavy (non-hydrogen) atoms. The summed E-state index contributed by atoms with van der Waals surface area (Å²) in [5, 5.41) is 0. The van der Waals surface area contributed by atoms with Crippen molar-refractivity contribution in [2.24, 2.45) is 0 Å². The number of likely N-dealkylation sites (N-methyl/N-ethyl adjacent to an activating group) is 2. The zero-order valence-electron chi connectivity index (χ0n) is 11.4. The molecule has 4 heteroatoms. The van der Waals surface area contributed by atoms with Gasteiger partial charge in [0.2, 0.25) is 0 Å². The standard InChI is InChI=1S/C14H20N2O2/c1-5-10-8-11(6-7-13(10)18-4)12-9-15(2)14(17)16(12)3/h6-8,12H,5,9H2,1-4H3. The van der Waals surface area contributed by atoms with Crippen molar-refractivity contribution < 1.29 is 9.53 Å². The van der Waals surface area contributed by atoms with Gasteiger partial charge in [0, 0.05) is 20.6 Å². The van der Waals surface area contributed by atoms with Crippen molar-refractivity contribution in [2.75, 3.05) is 27.7 Å². The molecular formula is C14H20N2O2. The van der Waals surface area contributed by atoms with E-state index in [9.17, 15) is 4.79 Å². The van der Waals surface area contributed by atoms with E-state index in [0.29, 0.717) is 0 Å². The summed E-state index contributed by atoms with van der Waals surface area (Å²) < 4.78 is 5.33. The topological polar surface area (TPSA) is 32.8 Å². The van der Waals surface area contributed by atoms with Gasteiger partial charge in [0.15, 0.2) is 0 Å². The van der Waals surface area contributed by atoms with Crippen LogP contribution in [0.1, 0.15) is 24.1 Å². The number of ether oxygens (including phenoxy) is 1. The molecule has 0 spiro atoms. The van der Waals surface area contributed by atoms with Crippen molar-refractivity contribution in [3.05, 3.63) is 29.3 Å². The van der Waals surface area contributed by atoms with Crippen LogP contribution >= 0.6 is 0 Å². The van der Waals surface area contributed by atoms with E-state index in [0.717, 1.165) is 18.7 Å². The maximum atomic E-state index is 11.8. The lowest BCUT2D eigenvalue weighted by Gasteiger charge is -2.19. The zero-order valence-corrected chi connectivity index (χ0v) is 11.4. The van der Waals surface area contributed by atoms with Gasteiger partial charge in [-0.1, -0.05) is 13.0 Å². The summed E-state index contributed by atoms with van der Waals surface area (Å²) in [5.41, 5.74) is 2.36. The minimum absolute atomic E-state index is 0.0777. The largest absolute Gasteiger partial charge is 0.496 e. The monoisotopic (exact) mass is 248 g/mol. The molecule has 2 rings (SSSR count). The molecule has 0 aliphatic carbocycles. The number of methoxy groups -OCH3 is 1. The Balaban J connectivity index is 2.32. The Hall–Kier alpha value is -1.71. The van der Waals surface area contributed by atoms with Crippen molar-refractivity contribution in [1.29, 1.82) is 0 Å². The molecule has 0 saturated carbocycles. The lowest BCUT2D eigenvalue weighted by molar-refractivity contribution is 0.201. The van der Waals surface area contributed by atoms with Crippen molar-refractivity contribution in [3.63, 3.8) is 0 Å². The van der Waals surface area contributed by atoms with Crippen LogP contribution in [0.3, 0.4) is 0 Å². The molecule has 1 saturated heterocycles. The highest BCUT2D eigenvalue weighted by Crippen LogP contribution is 2.30. The molecule has 1 aliphatic rings. The van der Waals surface area contributed by atoms with Crippen LogP contribution in [-0.2, 0) is 6.42 Å². The van der Waals surface area contributed by atoms with Crippen LogP contribution in [0.15, 0.2) is 18.2 Å². The maximum Gasteiger partial charge on any atom is 0.320 e. The molecule has 1 aromatic carbocycles. The molecule has 1 aliphatic heterocycles. The maximum absolute atomic E-state index is 11.8. The first-order valence-electron chi connectivity index (χ1n) is 6.23. The molecule has 2 amide bonds. The number of benzene rings is 1. The number of nitrogens with zero attached hydrogens (tertiary/aromatic N) is 2. The molecule has 0 aromatic heterocycles. The third kappa shape index (κ3) is 2.03. The Morgan fingerprint density at radius 3 is 2.61 bits per heavy atom. The van der Waals surface area contributed by atoms with Gasteiger partial charge in [-0.3, -0.25) is 0 Å². The Bertz CT molecular complexity index is 459. The summed E-state index contributed by atoms with van der Waals surface area (Å²) in [7, 11) is 5.38. The fourth-order valence-corrected chi connectivity index (χ4v) is 2.47. The van der Waals surface area contributed by atoms with Crippen LogP contribution < -0.4 is 4.74 Å². The number of carbonyl (C=O) groups is 1. The van der Waals surface area contributed by atoms with Gasteiger partial charge in [-0.25, -0.2) is 4.79 Å². The van der Waals surface area contributed by atoms with Gasteiger partial charge in [0.1, 0.15) is 5.75 Å². The Labute approximate surface area is 108 Å². The third-order valence-corrected chi connectivity index (χ3v) is 3.61. The van der Waals surface area contributed by atoms with Crippen LogP contribution in [0.2, 0.25) is 0 Å². The highest BCUT2D eigenvalue weighted by molar-refractivity contribution is 5.77. The molecule has 1 atom stereocenters. The highest BCUT2D eigenvalue weighted by atomic mass is 16.5. The van der Waals surface area contributed by atoms with Crippen LogP contribution in [0.5, 0.6) is 5.75 Å². The van der Waals surface area contributed by atoms with Gasteiger partial charge < -0.3 is 14.5 Å². The normalized spacial score (nSPS) is 19.6. The number of amides is 2. The van der Waals surface area contributed by atoms with Crippen molar-refractivity contribution >= 4 is 6.03 Å². The van der Waals surface area contributed by atoms with Crippen LogP contribution in [0, 0.1) is 0 Å². The predicted molar refractivity (Wildman–Crippen MR) is 70.9 cm³/mol. The summed E-state index contributed by atoms with van der Waals surface area (Å²) in [4.78, 5) is 15.3. The third-order valence-electron chi connectivity index (χ3n) is 3.61. The highest BCUT2D eigenvalue weighted by Gasteiger charge is 2.33. The van der Waals surface area contributed by atoms with Gasteiger partial charge in [-0.05, 0) is 29.7 Å². The van der Waals surface area contributed by atoms with Crippen LogP contribution in [0.4, 0.5) is 4.79 Å². The Morgan fingerprint density at radius 2 is 2.11 bits per heavy atom. The average molecular weight is 248 g/mol. The van der Waals surface area contributed by atoms with Crippen LogP contribution in [0.25, 0.3) is 0 Å². The lowest BCUT2D eigenvalue weighted by Crippen LogP contribution is -2.26. The number of hydrogen-bond acceptors (Lipinski definition) is 2. The number of rotatable bonds is 3. The van der Waals surface area contributed by atoms with E-state index < -0.39 is 0 Å². The second kappa shape index (κ2) is 4.88. The predicted octanol–water partition coefficient (Wildman–Crippen LogP) is 2.30. The van der Waals surface area contributed by atoms with E-state index in [1.807, 2.05) is 26.2 Å². The number of hydrogen-bond donors (Lipinski definition) is 0. The van der Waals surface area contributed by atoms with Crippen molar-refractivity contribution in [2.45, 2.75) is 19.4 Å². The van der Waals surface area contributed by atoms with Gasteiger partial charge in [0.05, 0.1) is 13.2 Å². The minimum atomic E-state index is 0.0777. The van der Waals surface area contributed by atoms with Crippen LogP contribution in [-0.4, -0.2) is 43.6 Å². The first kappa shape index (κ1) is 12.7. The quantitative estimate of drug-likeness (QED) is 0.822. The second-order valence-corrected chi connectivity index (χ2v) is 4.71. The van der Waals surface area contributed by atoms with E-state index >= 15 is 0 Å². The number of aryl methyl sites for hydroxylation is 1. The Morgan fingerprint density at radius 1 is 1.39 bits per heavy atom. The van der Waals surface area contributed by atoms with E-state index in [2.05, 4.69) is 13.0 Å². The van der Waals surface area contributed by atoms with Gasteiger partial charge >= 0.3 is 6.03 Å². The van der Waals surface area contributed by atoms with E-state index in [-0.39, 0.29) is 12.1 Å². The molecule has 0 N–H and O–H groups in total. The molecule has 0 radical (unpaired) electrons. The molecule has 1 aromatic rings. The number of carbonyl (C=O) groups excluding carboxylic acids is 1. The Kier molecular flexibility index (Phi) is 3.45. The lowest BCUT2D eigenvalue weighted by atomic mass is 10.0. The van der Waals surface area contributed by atoms with E-state index in [1.54, 1.807) is 16.9 Å².